The van der Waals surface area contributed by atoms with E-state index in [0.29, 0.717) is 0 Å². The minimum Gasteiger partial charge on any atom is -0.277 e. The SMILES string of the molecule is c1ccc(-c2cc(-c3ccc4cc(-c5cc(-c6ccccc6)[nH]n5)ccc4c3)[nH]n2)cc1. The second-order valence-electron chi connectivity index (χ2n) is 7.84. The van der Waals surface area contributed by atoms with Crippen molar-refractivity contribution < 1.29 is 0 Å². The van der Waals surface area contributed by atoms with E-state index in [1.165, 1.54) is 10.8 Å². The van der Waals surface area contributed by atoms with Crippen LogP contribution in [0.4, 0.5) is 0 Å². The third-order valence-electron chi connectivity index (χ3n) is 5.76. The van der Waals surface area contributed by atoms with Crippen LogP contribution in [0.15, 0.2) is 109 Å². The number of nitrogens with one attached hydrogen (secondary N) is 2. The van der Waals surface area contributed by atoms with Crippen LogP contribution in [0.3, 0.4) is 0 Å². The summed E-state index contributed by atoms with van der Waals surface area (Å²) in [7, 11) is 0. The van der Waals surface area contributed by atoms with Crippen LogP contribution in [0.5, 0.6) is 0 Å². The summed E-state index contributed by atoms with van der Waals surface area (Å²) in [6.07, 6.45) is 0. The number of aromatic nitrogens is 4. The molecule has 0 aliphatic rings. The fourth-order valence-electron chi connectivity index (χ4n) is 4.03. The Morgan fingerprint density at radius 2 is 0.906 bits per heavy atom. The summed E-state index contributed by atoms with van der Waals surface area (Å²) in [5.74, 6) is 0. The highest BCUT2D eigenvalue weighted by atomic mass is 15.1. The Morgan fingerprint density at radius 1 is 0.406 bits per heavy atom. The van der Waals surface area contributed by atoms with Crippen molar-refractivity contribution in [1.82, 2.24) is 20.4 Å². The van der Waals surface area contributed by atoms with Crippen LogP contribution in [-0.4, -0.2) is 20.4 Å². The molecular formula is C28H20N4. The fourth-order valence-corrected chi connectivity index (χ4v) is 4.03. The van der Waals surface area contributed by atoms with Gasteiger partial charge in [-0.2, -0.15) is 10.2 Å². The molecule has 0 fully saturated rings. The van der Waals surface area contributed by atoms with Gasteiger partial charge in [0.25, 0.3) is 0 Å². The molecule has 6 aromatic rings. The number of H-pyrrole nitrogens is 2. The number of aromatic amines is 2. The molecule has 152 valence electrons. The molecule has 0 saturated heterocycles. The zero-order valence-corrected chi connectivity index (χ0v) is 17.3. The molecule has 0 spiro atoms. The molecule has 2 aromatic heterocycles. The third-order valence-corrected chi connectivity index (χ3v) is 5.76. The van der Waals surface area contributed by atoms with Crippen LogP contribution >= 0.6 is 0 Å². The molecule has 0 radical (unpaired) electrons. The lowest BCUT2D eigenvalue weighted by atomic mass is 10.0. The molecule has 0 atom stereocenters. The Hall–Kier alpha value is -4.44. The highest BCUT2D eigenvalue weighted by Gasteiger charge is 2.09. The molecule has 4 heteroatoms. The zero-order valence-electron chi connectivity index (χ0n) is 17.3. The minimum atomic E-state index is 0.941. The Labute approximate surface area is 185 Å². The van der Waals surface area contributed by atoms with Crippen molar-refractivity contribution in [1.29, 1.82) is 0 Å². The average Bonchev–Trinajstić information content (AvgIpc) is 3.55. The molecular weight excluding hydrogens is 392 g/mol. The number of benzene rings is 4. The van der Waals surface area contributed by atoms with Crippen molar-refractivity contribution in [3.05, 3.63) is 109 Å². The Kier molecular flexibility index (Phi) is 4.40. The molecule has 2 heterocycles. The number of nitrogens with zero attached hydrogens (tertiary/aromatic N) is 2. The Bertz CT molecular complexity index is 1390. The summed E-state index contributed by atoms with van der Waals surface area (Å²) in [6, 6.07) is 37.6. The molecule has 0 aliphatic carbocycles. The van der Waals surface area contributed by atoms with Crippen molar-refractivity contribution in [2.45, 2.75) is 0 Å². The van der Waals surface area contributed by atoms with E-state index < -0.39 is 0 Å². The lowest BCUT2D eigenvalue weighted by molar-refractivity contribution is 1.10. The summed E-state index contributed by atoms with van der Waals surface area (Å²) in [5.41, 5.74) is 8.36. The Balaban J connectivity index is 1.31. The maximum atomic E-state index is 4.53. The normalized spacial score (nSPS) is 11.1. The monoisotopic (exact) mass is 412 g/mol. The minimum absolute atomic E-state index is 0.941. The molecule has 6 rings (SSSR count). The summed E-state index contributed by atoms with van der Waals surface area (Å²) in [4.78, 5) is 0. The highest BCUT2D eigenvalue weighted by Crippen LogP contribution is 2.30. The topological polar surface area (TPSA) is 57.4 Å². The Morgan fingerprint density at radius 3 is 1.56 bits per heavy atom. The van der Waals surface area contributed by atoms with Crippen molar-refractivity contribution in [3.63, 3.8) is 0 Å². The van der Waals surface area contributed by atoms with Crippen LogP contribution in [0, 0.1) is 0 Å². The van der Waals surface area contributed by atoms with Crippen LogP contribution in [-0.2, 0) is 0 Å². The van der Waals surface area contributed by atoms with Gasteiger partial charge in [0.1, 0.15) is 0 Å². The van der Waals surface area contributed by atoms with Gasteiger partial charge >= 0.3 is 0 Å². The van der Waals surface area contributed by atoms with Gasteiger partial charge in [-0.25, -0.2) is 0 Å². The van der Waals surface area contributed by atoms with Gasteiger partial charge in [-0.3, -0.25) is 10.2 Å². The van der Waals surface area contributed by atoms with Gasteiger partial charge in [0.05, 0.1) is 22.8 Å². The van der Waals surface area contributed by atoms with E-state index in [1.54, 1.807) is 0 Å². The van der Waals surface area contributed by atoms with Crippen molar-refractivity contribution in [2.24, 2.45) is 0 Å². The first-order chi connectivity index (χ1) is 15.8. The number of hydrogen-bond acceptors (Lipinski definition) is 2. The summed E-state index contributed by atoms with van der Waals surface area (Å²) < 4.78 is 0. The smallest absolute Gasteiger partial charge is 0.0927 e. The largest absolute Gasteiger partial charge is 0.277 e. The van der Waals surface area contributed by atoms with Crippen molar-refractivity contribution in [2.75, 3.05) is 0 Å². The fraction of sp³-hybridized carbons (Fsp3) is 0. The van der Waals surface area contributed by atoms with Crippen LogP contribution in [0.25, 0.3) is 55.8 Å². The lowest BCUT2D eigenvalue weighted by Crippen LogP contribution is -1.82. The summed E-state index contributed by atoms with van der Waals surface area (Å²) in [6.45, 7) is 0. The quantitative estimate of drug-likeness (QED) is 0.329. The van der Waals surface area contributed by atoms with E-state index in [0.717, 1.165) is 45.0 Å². The maximum absolute atomic E-state index is 4.53. The van der Waals surface area contributed by atoms with Gasteiger partial charge in [-0.1, -0.05) is 84.9 Å². The van der Waals surface area contributed by atoms with E-state index in [-0.39, 0.29) is 0 Å². The lowest BCUT2D eigenvalue weighted by Gasteiger charge is -2.04. The van der Waals surface area contributed by atoms with Crippen molar-refractivity contribution in [3.8, 4) is 45.0 Å². The predicted molar refractivity (Wildman–Crippen MR) is 130 cm³/mol. The van der Waals surface area contributed by atoms with Crippen LogP contribution < -0.4 is 0 Å². The van der Waals surface area contributed by atoms with Gasteiger partial charge in [0, 0.05) is 16.7 Å². The van der Waals surface area contributed by atoms with E-state index in [9.17, 15) is 0 Å². The first-order valence-electron chi connectivity index (χ1n) is 10.6. The maximum Gasteiger partial charge on any atom is 0.0927 e. The molecule has 0 bridgehead atoms. The van der Waals surface area contributed by atoms with Crippen molar-refractivity contribution >= 4 is 10.8 Å². The predicted octanol–water partition coefficient (Wildman–Crippen LogP) is 6.95. The second-order valence-corrected chi connectivity index (χ2v) is 7.84. The van der Waals surface area contributed by atoms with Gasteiger partial charge < -0.3 is 0 Å². The molecule has 0 amide bonds. The van der Waals surface area contributed by atoms with E-state index in [4.69, 9.17) is 0 Å². The molecule has 0 saturated carbocycles. The van der Waals surface area contributed by atoms with E-state index in [1.807, 2.05) is 36.4 Å². The third kappa shape index (κ3) is 3.38. The molecule has 0 aliphatic heterocycles. The first kappa shape index (κ1) is 18.3. The molecule has 32 heavy (non-hydrogen) atoms. The van der Waals surface area contributed by atoms with E-state index >= 15 is 0 Å². The van der Waals surface area contributed by atoms with Gasteiger partial charge in [0.2, 0.25) is 0 Å². The van der Waals surface area contributed by atoms with Gasteiger partial charge in [-0.15, -0.1) is 0 Å². The highest BCUT2D eigenvalue weighted by molar-refractivity contribution is 5.90. The number of rotatable bonds is 4. The second kappa shape index (κ2) is 7.67. The van der Waals surface area contributed by atoms with Gasteiger partial charge in [-0.05, 0) is 40.6 Å². The number of fused-ring (bicyclic) bond motifs is 1. The van der Waals surface area contributed by atoms with Crippen LogP contribution in [0.2, 0.25) is 0 Å². The molecule has 0 unspecified atom stereocenters. The van der Waals surface area contributed by atoms with Crippen LogP contribution in [0.1, 0.15) is 0 Å². The van der Waals surface area contributed by atoms with Gasteiger partial charge in [0.15, 0.2) is 0 Å². The average molecular weight is 412 g/mol. The van der Waals surface area contributed by atoms with E-state index in [2.05, 4.69) is 93.2 Å². The zero-order chi connectivity index (χ0) is 21.3. The summed E-state index contributed by atoms with van der Waals surface area (Å²) >= 11 is 0. The summed E-state index contributed by atoms with van der Waals surface area (Å²) in [5, 5.41) is 17.7. The standard InChI is InChI=1S/C28H20N4/c1-3-7-19(8-4-1)25-17-27(31-29-25)23-13-11-22-16-24(14-12-21(22)15-23)28-18-26(30-32-28)20-9-5-2-6-10-20/h1-18H,(H,29,31)(H,30,32). The first-order valence-corrected chi connectivity index (χ1v) is 10.6. The molecule has 4 aromatic carbocycles. The molecule has 2 N–H and O–H groups in total. The number of hydrogen-bond donors (Lipinski definition) is 2. The molecule has 4 nitrogen and oxygen atoms in total.